The molecule has 0 aromatic carbocycles. The first-order chi connectivity index (χ1) is 5.45. The van der Waals surface area contributed by atoms with Gasteiger partial charge >= 0.3 is 11.9 Å². The van der Waals surface area contributed by atoms with Gasteiger partial charge in [-0.2, -0.15) is 0 Å². The van der Waals surface area contributed by atoms with Gasteiger partial charge in [-0.05, 0) is 0 Å². The van der Waals surface area contributed by atoms with Crippen molar-refractivity contribution >= 4 is 11.9 Å². The quantitative estimate of drug-likeness (QED) is 0.636. The highest BCUT2D eigenvalue weighted by Crippen LogP contribution is 1.95. The van der Waals surface area contributed by atoms with E-state index in [0.717, 1.165) is 0 Å². The molecule has 0 unspecified atom stereocenters. The van der Waals surface area contributed by atoms with Crippen LogP contribution in [0.4, 0.5) is 0 Å². The molecule has 0 aliphatic heterocycles. The van der Waals surface area contributed by atoms with Crippen molar-refractivity contribution in [3.05, 3.63) is 12.2 Å². The number of hydrogen-bond acceptors (Lipinski definition) is 2. The molecule has 0 radical (unpaired) electrons. The van der Waals surface area contributed by atoms with Crippen molar-refractivity contribution in [2.24, 2.45) is 0 Å². The fourth-order valence-electron chi connectivity index (χ4n) is 0.258. The second-order valence-electron chi connectivity index (χ2n) is 2.19. The minimum Gasteiger partial charge on any atom is -0.481 e. The van der Waals surface area contributed by atoms with Gasteiger partial charge in [-0.15, -0.1) is 0 Å². The second-order valence-corrected chi connectivity index (χ2v) is 2.19. The van der Waals surface area contributed by atoms with Crippen molar-refractivity contribution in [1.29, 1.82) is 0 Å². The molecule has 0 atom stereocenters. The van der Waals surface area contributed by atoms with Gasteiger partial charge in [0.05, 0.1) is 6.42 Å². The van der Waals surface area contributed by atoms with Crippen LogP contribution in [0.5, 0.6) is 0 Å². The van der Waals surface area contributed by atoms with E-state index in [1.54, 1.807) is 0 Å². The first-order valence-electron chi connectivity index (χ1n) is 3.58. The van der Waals surface area contributed by atoms with Crippen molar-refractivity contribution in [3.8, 4) is 0 Å². The van der Waals surface area contributed by atoms with E-state index in [2.05, 4.69) is 20.4 Å². The average molecular weight is 174 g/mol. The van der Waals surface area contributed by atoms with Crippen molar-refractivity contribution < 1.29 is 19.8 Å². The molecular formula is C8H14O4. The minimum atomic E-state index is -1.27. The molecule has 0 heterocycles. The van der Waals surface area contributed by atoms with E-state index in [1.807, 2.05) is 0 Å². The summed E-state index contributed by atoms with van der Waals surface area (Å²) in [4.78, 5) is 19.7. The molecule has 0 saturated carbocycles. The molecule has 0 aromatic rings. The lowest BCUT2D eigenvalue weighted by atomic mass is 10.2. The summed E-state index contributed by atoms with van der Waals surface area (Å²) in [6.45, 7) is 7.26. The Morgan fingerprint density at radius 2 is 1.58 bits per heavy atom. The van der Waals surface area contributed by atoms with Crippen LogP contribution in [0.1, 0.15) is 26.7 Å². The van der Waals surface area contributed by atoms with Gasteiger partial charge in [0.2, 0.25) is 0 Å². The molecule has 0 aliphatic rings. The largest absolute Gasteiger partial charge is 0.481 e. The van der Waals surface area contributed by atoms with Gasteiger partial charge in [0.15, 0.2) is 0 Å². The summed E-state index contributed by atoms with van der Waals surface area (Å²) in [6.07, 6.45) is 0.745. The van der Waals surface area contributed by atoms with Crippen molar-refractivity contribution in [2.75, 3.05) is 0 Å². The van der Waals surface area contributed by atoms with Crippen molar-refractivity contribution in [3.63, 3.8) is 0 Å². The lowest BCUT2D eigenvalue weighted by Crippen LogP contribution is -2.04. The highest BCUT2D eigenvalue weighted by atomic mass is 16.4. The number of aliphatic carboxylic acids is 2. The lowest BCUT2D eigenvalue weighted by molar-refractivity contribution is -0.139. The Morgan fingerprint density at radius 3 is 1.67 bits per heavy atom. The number of carbonyl (C=O) groups is 2. The van der Waals surface area contributed by atoms with Crippen LogP contribution in [0.3, 0.4) is 0 Å². The van der Waals surface area contributed by atoms with Gasteiger partial charge in [0.25, 0.3) is 0 Å². The van der Waals surface area contributed by atoms with Gasteiger partial charge < -0.3 is 10.2 Å². The number of hydrogen-bond donors (Lipinski definition) is 2. The van der Waals surface area contributed by atoms with Crippen LogP contribution >= 0.6 is 0 Å². The summed E-state index contributed by atoms with van der Waals surface area (Å²) >= 11 is 0. The predicted octanol–water partition coefficient (Wildman–Crippen LogP) is 1.52. The maximum Gasteiger partial charge on any atom is 0.331 e. The van der Waals surface area contributed by atoms with Gasteiger partial charge in [0, 0.05) is 5.57 Å². The van der Waals surface area contributed by atoms with Crippen LogP contribution in [-0.4, -0.2) is 22.2 Å². The Morgan fingerprint density at radius 1 is 1.25 bits per heavy atom. The summed E-state index contributed by atoms with van der Waals surface area (Å²) in [5.74, 6) is -2.44. The summed E-state index contributed by atoms with van der Waals surface area (Å²) in [5, 5.41) is 16.1. The Hall–Kier alpha value is -1.32. The summed E-state index contributed by atoms with van der Waals surface area (Å²) in [6, 6.07) is 0. The van der Waals surface area contributed by atoms with Crippen LogP contribution in [0, 0.1) is 0 Å². The molecule has 2 N–H and O–H groups in total. The Kier molecular flexibility index (Phi) is 8.62. The van der Waals surface area contributed by atoms with Gasteiger partial charge in [-0.3, -0.25) is 4.79 Å². The van der Waals surface area contributed by atoms with E-state index in [-0.39, 0.29) is 5.57 Å². The van der Waals surface area contributed by atoms with Crippen LogP contribution in [0.25, 0.3) is 0 Å². The average Bonchev–Trinajstić information content (AvgIpc) is 1.87. The zero-order valence-electron chi connectivity index (χ0n) is 7.33. The van der Waals surface area contributed by atoms with E-state index in [9.17, 15) is 9.59 Å². The fraction of sp³-hybridized carbons (Fsp3) is 0.500. The molecule has 0 aromatic heterocycles. The molecule has 0 bridgehead atoms. The molecule has 4 heteroatoms. The lowest BCUT2D eigenvalue weighted by Gasteiger charge is -1.91. The third-order valence-electron chi connectivity index (χ3n) is 0.667. The van der Waals surface area contributed by atoms with Gasteiger partial charge in [-0.1, -0.05) is 26.8 Å². The number of rotatable bonds is 3. The molecule has 0 rings (SSSR count). The van der Waals surface area contributed by atoms with Crippen molar-refractivity contribution in [2.45, 2.75) is 26.7 Å². The third kappa shape index (κ3) is 11.5. The zero-order chi connectivity index (χ0) is 10.1. The Balaban J connectivity index is 0. The first kappa shape index (κ1) is 13.3. The summed E-state index contributed by atoms with van der Waals surface area (Å²) < 4.78 is 0. The molecule has 12 heavy (non-hydrogen) atoms. The van der Waals surface area contributed by atoms with Crippen LogP contribution in [-0.2, 0) is 9.59 Å². The van der Waals surface area contributed by atoms with E-state index >= 15 is 0 Å². The molecule has 0 spiro atoms. The predicted molar refractivity (Wildman–Crippen MR) is 45.0 cm³/mol. The van der Waals surface area contributed by atoms with Crippen molar-refractivity contribution in [1.82, 2.24) is 0 Å². The SMILES string of the molecule is C=C(CC(=O)O)C(=O)O.CCC. The molecule has 0 saturated heterocycles. The van der Waals surface area contributed by atoms with Gasteiger partial charge in [0.1, 0.15) is 0 Å². The summed E-state index contributed by atoms with van der Waals surface area (Å²) in [7, 11) is 0. The highest BCUT2D eigenvalue weighted by Gasteiger charge is 2.07. The van der Waals surface area contributed by atoms with E-state index in [1.165, 1.54) is 6.42 Å². The number of carboxylic acid groups (broad SMARTS) is 2. The monoisotopic (exact) mass is 174 g/mol. The van der Waals surface area contributed by atoms with Crippen LogP contribution in [0.15, 0.2) is 12.2 Å². The minimum absolute atomic E-state index is 0.303. The first-order valence-corrected chi connectivity index (χ1v) is 3.58. The van der Waals surface area contributed by atoms with Crippen LogP contribution in [0.2, 0.25) is 0 Å². The molecule has 0 fully saturated rings. The molecule has 70 valence electrons. The second kappa shape index (κ2) is 7.78. The third-order valence-corrected chi connectivity index (χ3v) is 0.667. The Labute approximate surface area is 71.5 Å². The molecule has 4 nitrogen and oxygen atoms in total. The van der Waals surface area contributed by atoms with Crippen LogP contribution < -0.4 is 0 Å². The van der Waals surface area contributed by atoms with E-state index < -0.39 is 18.4 Å². The normalized spacial score (nSPS) is 7.83. The zero-order valence-corrected chi connectivity index (χ0v) is 7.33. The maximum atomic E-state index is 9.87. The maximum absolute atomic E-state index is 9.87. The smallest absolute Gasteiger partial charge is 0.331 e. The standard InChI is InChI=1S/C5H6O4.C3H8/c1-3(5(8)9)2-4(6)7;1-3-2/h1-2H2,(H,6,7)(H,8,9);3H2,1-2H3. The van der Waals surface area contributed by atoms with E-state index in [4.69, 9.17) is 10.2 Å². The Bertz CT molecular complexity index is 172. The van der Waals surface area contributed by atoms with E-state index in [0.29, 0.717) is 0 Å². The fourth-order valence-corrected chi connectivity index (χ4v) is 0.258. The topological polar surface area (TPSA) is 74.6 Å². The highest BCUT2D eigenvalue weighted by molar-refractivity contribution is 5.91. The van der Waals surface area contributed by atoms with Gasteiger partial charge in [-0.25, -0.2) is 4.79 Å². The molecular weight excluding hydrogens is 160 g/mol. The molecule has 0 amide bonds. The number of carboxylic acids is 2. The molecule has 0 aliphatic carbocycles. The summed E-state index contributed by atoms with van der Waals surface area (Å²) in [5.41, 5.74) is -0.303.